The lowest BCUT2D eigenvalue weighted by atomic mass is 9.77. The first-order valence-corrected chi connectivity index (χ1v) is 13.6. The smallest absolute Gasteiger partial charge is 0.337 e. The first-order chi connectivity index (χ1) is 17.9. The summed E-state index contributed by atoms with van der Waals surface area (Å²) in [4.78, 5) is 20.2. The molecule has 4 rings (SSSR count). The highest BCUT2D eigenvalue weighted by atomic mass is 16.5. The number of pyridine rings is 1. The van der Waals surface area contributed by atoms with E-state index in [4.69, 9.17) is 9.72 Å². The van der Waals surface area contributed by atoms with Gasteiger partial charge in [0.15, 0.2) is 6.10 Å². The zero-order chi connectivity index (χ0) is 27.7. The maximum Gasteiger partial charge on any atom is 0.337 e. The van der Waals surface area contributed by atoms with Gasteiger partial charge in [0.25, 0.3) is 0 Å². The monoisotopic (exact) mass is 514 g/mol. The highest BCUT2D eigenvalue weighted by Crippen LogP contribution is 2.43. The molecular formula is C33H42N2O3. The largest absolute Gasteiger partial charge is 0.479 e. The van der Waals surface area contributed by atoms with E-state index in [0.717, 1.165) is 60.6 Å². The standard InChI is InChI=1S/C33H42N2O3/c1-22-15-17-25(18-16-22)28-26-20-35(19-11-14-24-12-9-8-10-13-24)21-33(6,7)30(26)34-23(2)27(28)29(31(36)37)38-32(3,4)5/h8-10,12-13,15-18,29H,11,14,19-21H2,1-7H3,(H,36,37)/t29-/m0/s1. The number of carboxylic acid groups (broad SMARTS) is 1. The van der Waals surface area contributed by atoms with Crippen LogP contribution in [0.1, 0.15) is 80.8 Å². The third-order valence-electron chi connectivity index (χ3n) is 7.25. The van der Waals surface area contributed by atoms with Gasteiger partial charge in [0.05, 0.1) is 11.3 Å². The molecule has 0 spiro atoms. The number of aliphatic carboxylic acids is 1. The van der Waals surface area contributed by atoms with Crippen molar-refractivity contribution >= 4 is 5.97 Å². The van der Waals surface area contributed by atoms with Crippen LogP contribution in [-0.4, -0.2) is 39.7 Å². The summed E-state index contributed by atoms with van der Waals surface area (Å²) in [5.41, 5.74) is 7.27. The molecular weight excluding hydrogens is 472 g/mol. The summed E-state index contributed by atoms with van der Waals surface area (Å²) in [5.74, 6) is -0.993. The van der Waals surface area contributed by atoms with Crippen molar-refractivity contribution in [3.63, 3.8) is 0 Å². The van der Waals surface area contributed by atoms with E-state index < -0.39 is 17.7 Å². The molecule has 1 N–H and O–H groups in total. The minimum atomic E-state index is -1.11. The van der Waals surface area contributed by atoms with Crippen LogP contribution >= 0.6 is 0 Å². The maximum absolute atomic E-state index is 12.6. The molecule has 2 heterocycles. The molecule has 1 atom stereocenters. The second-order valence-electron chi connectivity index (χ2n) is 12.3. The van der Waals surface area contributed by atoms with Gasteiger partial charge < -0.3 is 9.84 Å². The number of aryl methyl sites for hydroxylation is 3. The molecule has 2 aromatic carbocycles. The van der Waals surface area contributed by atoms with Gasteiger partial charge in [-0.1, -0.05) is 74.0 Å². The summed E-state index contributed by atoms with van der Waals surface area (Å²) in [5, 5.41) is 10.3. The minimum Gasteiger partial charge on any atom is -0.479 e. The van der Waals surface area contributed by atoms with E-state index in [1.165, 1.54) is 11.1 Å². The molecule has 0 aliphatic carbocycles. The van der Waals surface area contributed by atoms with E-state index in [0.29, 0.717) is 5.56 Å². The molecule has 0 amide bonds. The van der Waals surface area contributed by atoms with Crippen LogP contribution in [0, 0.1) is 13.8 Å². The number of aromatic nitrogens is 1. The highest BCUT2D eigenvalue weighted by molar-refractivity contribution is 5.82. The van der Waals surface area contributed by atoms with Gasteiger partial charge in [-0.05, 0) is 76.3 Å². The molecule has 0 saturated carbocycles. The van der Waals surface area contributed by atoms with Crippen molar-refractivity contribution in [1.29, 1.82) is 0 Å². The van der Waals surface area contributed by atoms with Crippen LogP contribution in [-0.2, 0) is 27.9 Å². The molecule has 0 saturated heterocycles. The average Bonchev–Trinajstić information content (AvgIpc) is 2.83. The molecule has 0 unspecified atom stereocenters. The number of carbonyl (C=O) groups is 1. The Morgan fingerprint density at radius 3 is 2.34 bits per heavy atom. The van der Waals surface area contributed by atoms with Gasteiger partial charge in [0.1, 0.15) is 0 Å². The van der Waals surface area contributed by atoms with Gasteiger partial charge >= 0.3 is 5.97 Å². The lowest BCUT2D eigenvalue weighted by Crippen LogP contribution is -2.44. The predicted molar refractivity (Wildman–Crippen MR) is 153 cm³/mol. The molecule has 1 aromatic heterocycles. The Morgan fingerprint density at radius 1 is 1.08 bits per heavy atom. The first-order valence-electron chi connectivity index (χ1n) is 13.6. The van der Waals surface area contributed by atoms with Crippen molar-refractivity contribution in [3.8, 4) is 11.1 Å². The molecule has 1 aliphatic heterocycles. The van der Waals surface area contributed by atoms with Gasteiger partial charge in [-0.2, -0.15) is 0 Å². The number of benzene rings is 2. The number of hydrogen-bond acceptors (Lipinski definition) is 4. The Kier molecular flexibility index (Phi) is 8.10. The Labute approximate surface area is 227 Å². The molecule has 5 heteroatoms. The number of hydrogen-bond donors (Lipinski definition) is 1. The number of nitrogens with zero attached hydrogens (tertiary/aromatic N) is 2. The van der Waals surface area contributed by atoms with Crippen LogP contribution in [0.25, 0.3) is 11.1 Å². The molecule has 0 bridgehead atoms. The van der Waals surface area contributed by atoms with Crippen LogP contribution in [0.5, 0.6) is 0 Å². The number of ether oxygens (including phenoxy) is 1. The minimum absolute atomic E-state index is 0.174. The maximum atomic E-state index is 12.6. The van der Waals surface area contributed by atoms with E-state index >= 15 is 0 Å². The zero-order valence-corrected chi connectivity index (χ0v) is 24.0. The summed E-state index contributed by atoms with van der Waals surface area (Å²) < 4.78 is 6.18. The van der Waals surface area contributed by atoms with Gasteiger partial charge in [-0.15, -0.1) is 0 Å². The van der Waals surface area contributed by atoms with E-state index in [2.05, 4.69) is 80.3 Å². The van der Waals surface area contributed by atoms with E-state index in [-0.39, 0.29) is 5.41 Å². The lowest BCUT2D eigenvalue weighted by molar-refractivity contribution is -0.160. The van der Waals surface area contributed by atoms with Crippen molar-refractivity contribution < 1.29 is 14.6 Å². The van der Waals surface area contributed by atoms with Crippen LogP contribution in [0.15, 0.2) is 54.6 Å². The fraction of sp³-hybridized carbons (Fsp3) is 0.455. The molecule has 38 heavy (non-hydrogen) atoms. The molecule has 3 aromatic rings. The molecule has 202 valence electrons. The van der Waals surface area contributed by atoms with Crippen molar-refractivity contribution in [1.82, 2.24) is 9.88 Å². The second kappa shape index (κ2) is 11.0. The predicted octanol–water partition coefficient (Wildman–Crippen LogP) is 7.03. The molecule has 1 aliphatic rings. The molecule has 0 fully saturated rings. The van der Waals surface area contributed by atoms with Gasteiger partial charge in [0.2, 0.25) is 0 Å². The van der Waals surface area contributed by atoms with Crippen molar-refractivity contribution in [2.75, 3.05) is 13.1 Å². The fourth-order valence-corrected chi connectivity index (χ4v) is 5.65. The lowest BCUT2D eigenvalue weighted by Gasteiger charge is -2.41. The summed E-state index contributed by atoms with van der Waals surface area (Å²) >= 11 is 0. The summed E-state index contributed by atoms with van der Waals surface area (Å²) in [6, 6.07) is 19.0. The normalized spacial score (nSPS) is 16.2. The Morgan fingerprint density at radius 2 is 1.74 bits per heavy atom. The summed E-state index contributed by atoms with van der Waals surface area (Å²) in [6.45, 7) is 16.8. The van der Waals surface area contributed by atoms with Crippen molar-refractivity contribution in [2.24, 2.45) is 0 Å². The van der Waals surface area contributed by atoms with E-state index in [1.807, 2.05) is 27.7 Å². The van der Waals surface area contributed by atoms with Gasteiger partial charge in [0, 0.05) is 29.8 Å². The van der Waals surface area contributed by atoms with Crippen LogP contribution in [0.3, 0.4) is 0 Å². The second-order valence-corrected chi connectivity index (χ2v) is 12.3. The van der Waals surface area contributed by atoms with Gasteiger partial charge in [-0.25, -0.2) is 4.79 Å². The number of carboxylic acids is 1. The third kappa shape index (κ3) is 6.33. The average molecular weight is 515 g/mol. The van der Waals surface area contributed by atoms with Gasteiger partial charge in [-0.3, -0.25) is 9.88 Å². The number of fused-ring (bicyclic) bond motifs is 1. The quantitative estimate of drug-likeness (QED) is 0.350. The van der Waals surface area contributed by atoms with Crippen LogP contribution in [0.4, 0.5) is 0 Å². The van der Waals surface area contributed by atoms with Crippen LogP contribution < -0.4 is 0 Å². The topological polar surface area (TPSA) is 62.7 Å². The van der Waals surface area contributed by atoms with Crippen molar-refractivity contribution in [3.05, 3.63) is 88.2 Å². The van der Waals surface area contributed by atoms with E-state index in [1.54, 1.807) is 0 Å². The highest BCUT2D eigenvalue weighted by Gasteiger charge is 2.39. The Balaban J connectivity index is 1.81. The first kappa shape index (κ1) is 28.0. The molecule has 0 radical (unpaired) electrons. The third-order valence-corrected chi connectivity index (χ3v) is 7.25. The number of rotatable bonds is 8. The summed E-state index contributed by atoms with van der Waals surface area (Å²) in [7, 11) is 0. The van der Waals surface area contributed by atoms with Crippen molar-refractivity contribution in [2.45, 2.75) is 85.0 Å². The van der Waals surface area contributed by atoms with Crippen LogP contribution in [0.2, 0.25) is 0 Å². The molecule has 5 nitrogen and oxygen atoms in total. The zero-order valence-electron chi connectivity index (χ0n) is 24.0. The Hall–Kier alpha value is -3.02. The van der Waals surface area contributed by atoms with E-state index in [9.17, 15) is 9.90 Å². The SMILES string of the molecule is Cc1ccc(-c2c3c(nc(C)c2[C@H](OC(C)(C)C)C(=O)O)C(C)(C)CN(CCCc2ccccc2)C3)cc1. The summed E-state index contributed by atoms with van der Waals surface area (Å²) in [6.07, 6.45) is 0.986. The Bertz CT molecular complexity index is 1270. The fourth-order valence-electron chi connectivity index (χ4n) is 5.65.